The average molecular weight is 283 g/mol. The van der Waals surface area contributed by atoms with Gasteiger partial charge in [-0.2, -0.15) is 0 Å². The molecule has 0 fully saturated rings. The summed E-state index contributed by atoms with van der Waals surface area (Å²) in [5.41, 5.74) is 3.40. The molecule has 1 aliphatic heterocycles. The molecule has 0 amide bonds. The molecule has 102 valence electrons. The van der Waals surface area contributed by atoms with Crippen molar-refractivity contribution >= 4 is 34.4 Å². The number of nitrogens with one attached hydrogen (secondary N) is 1. The molecule has 0 spiro atoms. The van der Waals surface area contributed by atoms with Gasteiger partial charge in [0.2, 0.25) is 0 Å². The van der Waals surface area contributed by atoms with Gasteiger partial charge in [0.15, 0.2) is 5.11 Å². The minimum absolute atomic E-state index is 0.747. The molecule has 1 N–H and O–H groups in total. The standard InChI is InChI=1S/C16H17N3S/c1-18-11-12-19(15-10-6-5-9-14(15)18)16(20)17-13-7-3-2-4-8-13/h2-10H,11-12H2,1H3,(H,17,20). The summed E-state index contributed by atoms with van der Waals surface area (Å²) in [4.78, 5) is 4.43. The van der Waals surface area contributed by atoms with E-state index in [9.17, 15) is 0 Å². The fraction of sp³-hybridized carbons (Fsp3) is 0.188. The van der Waals surface area contributed by atoms with E-state index in [1.54, 1.807) is 0 Å². The van der Waals surface area contributed by atoms with Crippen LogP contribution in [0.3, 0.4) is 0 Å². The Morgan fingerprint density at radius 2 is 1.60 bits per heavy atom. The zero-order chi connectivity index (χ0) is 13.9. The van der Waals surface area contributed by atoms with Crippen molar-refractivity contribution in [2.45, 2.75) is 0 Å². The smallest absolute Gasteiger partial charge is 0.178 e. The van der Waals surface area contributed by atoms with Crippen LogP contribution in [0.15, 0.2) is 54.6 Å². The maximum Gasteiger partial charge on any atom is 0.178 e. The quantitative estimate of drug-likeness (QED) is 0.809. The van der Waals surface area contributed by atoms with Crippen LogP contribution in [0.2, 0.25) is 0 Å². The third-order valence-corrected chi connectivity index (χ3v) is 3.84. The van der Waals surface area contributed by atoms with Crippen LogP contribution >= 0.6 is 12.2 Å². The van der Waals surface area contributed by atoms with Crippen molar-refractivity contribution in [1.29, 1.82) is 0 Å². The fourth-order valence-electron chi connectivity index (χ4n) is 2.43. The topological polar surface area (TPSA) is 18.5 Å². The predicted molar refractivity (Wildman–Crippen MR) is 89.7 cm³/mol. The lowest BCUT2D eigenvalue weighted by molar-refractivity contribution is 0.837. The van der Waals surface area contributed by atoms with Gasteiger partial charge >= 0.3 is 0 Å². The number of anilines is 3. The van der Waals surface area contributed by atoms with E-state index >= 15 is 0 Å². The van der Waals surface area contributed by atoms with Gasteiger partial charge < -0.3 is 15.1 Å². The van der Waals surface area contributed by atoms with Crippen molar-refractivity contribution in [3.8, 4) is 0 Å². The molecule has 0 atom stereocenters. The van der Waals surface area contributed by atoms with Crippen molar-refractivity contribution in [2.75, 3.05) is 35.3 Å². The molecule has 0 aliphatic carbocycles. The highest BCUT2D eigenvalue weighted by molar-refractivity contribution is 7.80. The minimum Gasteiger partial charge on any atom is -0.371 e. The molecule has 0 radical (unpaired) electrons. The zero-order valence-corrected chi connectivity index (χ0v) is 12.2. The van der Waals surface area contributed by atoms with E-state index in [1.807, 2.05) is 30.3 Å². The monoisotopic (exact) mass is 283 g/mol. The van der Waals surface area contributed by atoms with Gasteiger partial charge in [0.25, 0.3) is 0 Å². The van der Waals surface area contributed by atoms with Gasteiger partial charge in [-0.15, -0.1) is 0 Å². The summed E-state index contributed by atoms with van der Waals surface area (Å²) in [5.74, 6) is 0. The normalized spacial score (nSPS) is 13.8. The Balaban J connectivity index is 1.84. The average Bonchev–Trinajstić information content (AvgIpc) is 2.49. The number of nitrogens with zero attached hydrogens (tertiary/aromatic N) is 2. The number of hydrogen-bond acceptors (Lipinski definition) is 2. The van der Waals surface area contributed by atoms with E-state index in [4.69, 9.17) is 12.2 Å². The van der Waals surface area contributed by atoms with Gasteiger partial charge in [0.05, 0.1) is 11.4 Å². The second-order valence-corrected chi connectivity index (χ2v) is 5.24. The SMILES string of the molecule is CN1CCN(C(=S)Nc2ccccc2)c2ccccc21. The van der Waals surface area contributed by atoms with Crippen LogP contribution in [0, 0.1) is 0 Å². The summed E-state index contributed by atoms with van der Waals surface area (Å²) in [5, 5.41) is 4.05. The van der Waals surface area contributed by atoms with E-state index in [2.05, 4.69) is 46.4 Å². The van der Waals surface area contributed by atoms with Crippen LogP contribution in [0.1, 0.15) is 0 Å². The lowest BCUT2D eigenvalue weighted by atomic mass is 10.2. The van der Waals surface area contributed by atoms with Crippen LogP contribution in [0.4, 0.5) is 17.1 Å². The van der Waals surface area contributed by atoms with Crippen molar-refractivity contribution in [3.05, 3.63) is 54.6 Å². The summed E-state index contributed by atoms with van der Waals surface area (Å²) in [7, 11) is 2.11. The number of hydrogen-bond donors (Lipinski definition) is 1. The summed E-state index contributed by atoms with van der Waals surface area (Å²) < 4.78 is 0. The van der Waals surface area contributed by atoms with Crippen molar-refractivity contribution < 1.29 is 0 Å². The highest BCUT2D eigenvalue weighted by Crippen LogP contribution is 2.32. The Bertz CT molecular complexity index is 612. The Hall–Kier alpha value is -2.07. The van der Waals surface area contributed by atoms with E-state index in [-0.39, 0.29) is 0 Å². The lowest BCUT2D eigenvalue weighted by Crippen LogP contribution is -2.44. The third kappa shape index (κ3) is 2.47. The Kier molecular flexibility index (Phi) is 3.56. The second kappa shape index (κ2) is 5.51. The molecule has 0 saturated carbocycles. The first kappa shape index (κ1) is 12.9. The van der Waals surface area contributed by atoms with E-state index in [1.165, 1.54) is 5.69 Å². The maximum atomic E-state index is 5.57. The van der Waals surface area contributed by atoms with E-state index in [0.29, 0.717) is 0 Å². The van der Waals surface area contributed by atoms with Gasteiger partial charge in [-0.25, -0.2) is 0 Å². The summed E-state index contributed by atoms with van der Waals surface area (Å²) in [6, 6.07) is 18.4. The van der Waals surface area contributed by atoms with E-state index in [0.717, 1.165) is 29.6 Å². The molecular weight excluding hydrogens is 266 g/mol. The van der Waals surface area contributed by atoms with Crippen LogP contribution in [0.5, 0.6) is 0 Å². The van der Waals surface area contributed by atoms with Crippen molar-refractivity contribution in [1.82, 2.24) is 0 Å². The summed E-state index contributed by atoms with van der Waals surface area (Å²) >= 11 is 5.57. The van der Waals surface area contributed by atoms with Gasteiger partial charge in [0.1, 0.15) is 0 Å². The molecule has 20 heavy (non-hydrogen) atoms. The Morgan fingerprint density at radius 3 is 2.35 bits per heavy atom. The first-order chi connectivity index (χ1) is 9.75. The molecule has 1 aliphatic rings. The Labute approximate surface area is 124 Å². The molecule has 4 heteroatoms. The van der Waals surface area contributed by atoms with Crippen molar-refractivity contribution in [2.24, 2.45) is 0 Å². The first-order valence-corrected chi connectivity index (χ1v) is 7.10. The molecule has 2 aromatic rings. The molecule has 2 aromatic carbocycles. The number of likely N-dealkylation sites (N-methyl/N-ethyl adjacent to an activating group) is 1. The number of fused-ring (bicyclic) bond motifs is 1. The Morgan fingerprint density at radius 1 is 0.950 bits per heavy atom. The molecule has 3 rings (SSSR count). The van der Waals surface area contributed by atoms with E-state index < -0.39 is 0 Å². The predicted octanol–water partition coefficient (Wildman–Crippen LogP) is 3.34. The molecule has 0 unspecified atom stereocenters. The molecule has 0 bridgehead atoms. The number of para-hydroxylation sites is 3. The number of thiocarbonyl (C=S) groups is 1. The first-order valence-electron chi connectivity index (χ1n) is 6.69. The number of rotatable bonds is 1. The van der Waals surface area contributed by atoms with Crippen LogP contribution in [-0.4, -0.2) is 25.2 Å². The molecule has 3 nitrogen and oxygen atoms in total. The van der Waals surface area contributed by atoms with Crippen LogP contribution < -0.4 is 15.1 Å². The molecule has 0 aromatic heterocycles. The largest absolute Gasteiger partial charge is 0.371 e. The highest BCUT2D eigenvalue weighted by atomic mass is 32.1. The maximum absolute atomic E-state index is 5.57. The lowest BCUT2D eigenvalue weighted by Gasteiger charge is -2.37. The van der Waals surface area contributed by atoms with Gasteiger partial charge in [-0.05, 0) is 36.5 Å². The molecule has 1 heterocycles. The fourth-order valence-corrected chi connectivity index (χ4v) is 2.74. The second-order valence-electron chi connectivity index (χ2n) is 4.86. The molecule has 0 saturated heterocycles. The highest BCUT2D eigenvalue weighted by Gasteiger charge is 2.22. The van der Waals surface area contributed by atoms with Gasteiger partial charge in [-0.3, -0.25) is 0 Å². The van der Waals surface area contributed by atoms with Crippen LogP contribution in [-0.2, 0) is 0 Å². The molecular formula is C16H17N3S. The van der Waals surface area contributed by atoms with Gasteiger partial charge in [-0.1, -0.05) is 30.3 Å². The summed E-state index contributed by atoms with van der Waals surface area (Å²) in [6.07, 6.45) is 0. The van der Waals surface area contributed by atoms with Crippen LogP contribution in [0.25, 0.3) is 0 Å². The summed E-state index contributed by atoms with van der Waals surface area (Å²) in [6.45, 7) is 1.86. The van der Waals surface area contributed by atoms with Gasteiger partial charge in [0, 0.05) is 25.8 Å². The minimum atomic E-state index is 0.747. The zero-order valence-electron chi connectivity index (χ0n) is 11.4. The van der Waals surface area contributed by atoms with Crippen molar-refractivity contribution in [3.63, 3.8) is 0 Å². The number of benzene rings is 2. The third-order valence-electron chi connectivity index (χ3n) is 3.51.